The standard InChI is InChI=1S/C5H11NO/c1-5-4-7-3-2-6-5/h5-6H,2-4H2,1H3/i1D3,4D2,5D. The Balaban J connectivity index is 2.98. The van der Waals surface area contributed by atoms with Crippen LogP contribution in [0, 0.1) is 0 Å². The van der Waals surface area contributed by atoms with Crippen LogP contribution in [0.15, 0.2) is 0 Å². The molecule has 1 saturated heterocycles. The van der Waals surface area contributed by atoms with Crippen molar-refractivity contribution >= 4 is 0 Å². The zero-order valence-electron chi connectivity index (χ0n) is 9.82. The normalized spacial score (nSPS) is 65.1. The minimum Gasteiger partial charge on any atom is -0.379 e. The summed E-state index contributed by atoms with van der Waals surface area (Å²) in [5.41, 5.74) is 0. The van der Waals surface area contributed by atoms with Gasteiger partial charge in [0, 0.05) is 18.0 Å². The molecule has 0 aromatic rings. The number of ether oxygens (including phenoxy) is 1. The van der Waals surface area contributed by atoms with E-state index < -0.39 is 19.4 Å². The second-order valence-corrected chi connectivity index (χ2v) is 1.25. The van der Waals surface area contributed by atoms with E-state index in [1.54, 1.807) is 0 Å². The van der Waals surface area contributed by atoms with Gasteiger partial charge in [-0.3, -0.25) is 0 Å². The first kappa shape index (κ1) is 1.45. The topological polar surface area (TPSA) is 21.3 Å². The zero-order valence-corrected chi connectivity index (χ0v) is 3.82. The lowest BCUT2D eigenvalue weighted by Crippen LogP contribution is -2.38. The van der Waals surface area contributed by atoms with Crippen LogP contribution < -0.4 is 5.32 Å². The van der Waals surface area contributed by atoms with Crippen molar-refractivity contribution in [3.8, 4) is 0 Å². The molecule has 0 radical (unpaired) electrons. The number of morpholine rings is 1. The summed E-state index contributed by atoms with van der Waals surface area (Å²) < 4.78 is 47.8. The molecule has 42 valence electrons. The highest BCUT2D eigenvalue weighted by atomic mass is 16.5. The summed E-state index contributed by atoms with van der Waals surface area (Å²) in [5.74, 6) is 0. The Labute approximate surface area is 52.3 Å². The summed E-state index contributed by atoms with van der Waals surface area (Å²) in [6.45, 7) is -5.00. The fraction of sp³-hybridized carbons (Fsp3) is 1.00. The molecule has 1 atom stereocenters. The summed E-state index contributed by atoms with van der Waals surface area (Å²) in [6, 6.07) is -2.38. The van der Waals surface area contributed by atoms with Crippen LogP contribution in [0.3, 0.4) is 0 Å². The average Bonchev–Trinajstić information content (AvgIpc) is 1.93. The van der Waals surface area contributed by atoms with E-state index >= 15 is 0 Å². The van der Waals surface area contributed by atoms with E-state index in [4.69, 9.17) is 8.22 Å². The van der Waals surface area contributed by atoms with Crippen LogP contribution in [-0.4, -0.2) is 25.7 Å². The van der Waals surface area contributed by atoms with Gasteiger partial charge >= 0.3 is 0 Å². The maximum atomic E-state index is 7.50. The molecule has 0 aromatic heterocycles. The van der Waals surface area contributed by atoms with Gasteiger partial charge in [-0.1, -0.05) is 0 Å². The van der Waals surface area contributed by atoms with Crippen molar-refractivity contribution < 1.29 is 13.0 Å². The Morgan fingerprint density at radius 3 is 3.86 bits per heavy atom. The highest BCUT2D eigenvalue weighted by Crippen LogP contribution is 1.88. The van der Waals surface area contributed by atoms with Crippen molar-refractivity contribution in [3.05, 3.63) is 0 Å². The number of rotatable bonds is 0. The molecule has 1 aliphatic heterocycles. The van der Waals surface area contributed by atoms with Gasteiger partial charge < -0.3 is 10.1 Å². The SMILES string of the molecule is [2H]C([2H])([2H])C1([2H])NCCOC1([2H])[2H]. The molecule has 1 N–H and O–H groups in total. The van der Waals surface area contributed by atoms with E-state index in [1.807, 2.05) is 0 Å². The molecule has 0 aliphatic carbocycles. The molecule has 0 spiro atoms. The second kappa shape index (κ2) is 2.28. The lowest BCUT2D eigenvalue weighted by atomic mass is 10.3. The Morgan fingerprint density at radius 1 is 2.29 bits per heavy atom. The van der Waals surface area contributed by atoms with E-state index in [0.29, 0.717) is 0 Å². The molecule has 2 nitrogen and oxygen atoms in total. The van der Waals surface area contributed by atoms with Crippen LogP contribution in [-0.2, 0) is 4.74 Å². The van der Waals surface area contributed by atoms with Gasteiger partial charge in [0.15, 0.2) is 0 Å². The zero-order chi connectivity index (χ0) is 10.3. The van der Waals surface area contributed by atoms with Crippen LogP contribution in [0.25, 0.3) is 0 Å². The van der Waals surface area contributed by atoms with Gasteiger partial charge in [0.25, 0.3) is 0 Å². The van der Waals surface area contributed by atoms with Crippen LogP contribution in [0.5, 0.6) is 0 Å². The van der Waals surface area contributed by atoms with Crippen molar-refractivity contribution in [1.82, 2.24) is 5.32 Å². The van der Waals surface area contributed by atoms with Gasteiger partial charge in [-0.15, -0.1) is 0 Å². The van der Waals surface area contributed by atoms with Gasteiger partial charge in [0.05, 0.1) is 15.9 Å². The van der Waals surface area contributed by atoms with Crippen LogP contribution in [0.2, 0.25) is 0 Å². The third-order valence-electron chi connectivity index (χ3n) is 0.680. The largest absolute Gasteiger partial charge is 0.379 e. The number of hydrogen-bond acceptors (Lipinski definition) is 2. The highest BCUT2D eigenvalue weighted by molar-refractivity contribution is 4.62. The number of hydrogen-bond donors (Lipinski definition) is 1. The van der Waals surface area contributed by atoms with Crippen LogP contribution in [0.4, 0.5) is 0 Å². The molecular weight excluding hydrogens is 90.1 g/mol. The monoisotopic (exact) mass is 107 g/mol. The van der Waals surface area contributed by atoms with Gasteiger partial charge in [-0.25, -0.2) is 0 Å². The second-order valence-electron chi connectivity index (χ2n) is 1.25. The lowest BCUT2D eigenvalue weighted by Gasteiger charge is -2.19. The maximum absolute atomic E-state index is 7.50. The summed E-state index contributed by atoms with van der Waals surface area (Å²) in [6.07, 6.45) is 0. The smallest absolute Gasteiger partial charge is 0.0617 e. The molecule has 1 fully saturated rings. The Bertz CT molecular complexity index is 204. The van der Waals surface area contributed by atoms with E-state index in [2.05, 4.69) is 10.1 Å². The molecule has 0 saturated carbocycles. The van der Waals surface area contributed by atoms with E-state index in [-0.39, 0.29) is 13.2 Å². The van der Waals surface area contributed by atoms with Gasteiger partial charge in [-0.05, 0) is 6.85 Å². The van der Waals surface area contributed by atoms with Crippen molar-refractivity contribution in [2.24, 2.45) is 0 Å². The first-order chi connectivity index (χ1) is 5.71. The summed E-state index contributed by atoms with van der Waals surface area (Å²) >= 11 is 0. The number of nitrogens with one attached hydrogen (secondary N) is 1. The van der Waals surface area contributed by atoms with Crippen molar-refractivity contribution in [2.75, 3.05) is 19.7 Å². The lowest BCUT2D eigenvalue weighted by molar-refractivity contribution is 0.0824. The first-order valence-corrected chi connectivity index (χ1v) is 2.10. The average molecular weight is 107 g/mol. The summed E-state index contributed by atoms with van der Waals surface area (Å²) in [7, 11) is 0. The van der Waals surface area contributed by atoms with Gasteiger partial charge in [0.2, 0.25) is 0 Å². The minimum atomic E-state index is -2.75. The molecule has 1 unspecified atom stereocenters. The molecule has 1 heterocycles. The Hall–Kier alpha value is -0.0800. The molecule has 7 heavy (non-hydrogen) atoms. The molecule has 0 aromatic carbocycles. The molecule has 1 aliphatic rings. The van der Waals surface area contributed by atoms with Gasteiger partial charge in [-0.2, -0.15) is 0 Å². The predicted octanol–water partition coefficient (Wildman–Crippen LogP) is -0.00530. The van der Waals surface area contributed by atoms with Crippen molar-refractivity contribution in [2.45, 2.75) is 12.9 Å². The Morgan fingerprint density at radius 2 is 3.29 bits per heavy atom. The van der Waals surface area contributed by atoms with Crippen LogP contribution >= 0.6 is 0 Å². The van der Waals surface area contributed by atoms with Crippen molar-refractivity contribution in [1.29, 1.82) is 0 Å². The van der Waals surface area contributed by atoms with E-state index in [1.165, 1.54) is 0 Å². The molecule has 1 rings (SSSR count). The fourth-order valence-corrected chi connectivity index (χ4v) is 0.386. The van der Waals surface area contributed by atoms with Crippen LogP contribution in [0.1, 0.15) is 15.1 Å². The predicted molar refractivity (Wildman–Crippen MR) is 28.3 cm³/mol. The summed E-state index contributed by atoms with van der Waals surface area (Å²) in [5, 5.41) is 2.33. The third kappa shape index (κ3) is 1.45. The Kier molecular flexibility index (Phi) is 0.474. The van der Waals surface area contributed by atoms with Gasteiger partial charge in [0.1, 0.15) is 0 Å². The van der Waals surface area contributed by atoms with Crippen molar-refractivity contribution in [3.63, 3.8) is 0 Å². The highest BCUT2D eigenvalue weighted by Gasteiger charge is 2.04. The quantitative estimate of drug-likeness (QED) is 0.470. The maximum Gasteiger partial charge on any atom is 0.0617 e. The van der Waals surface area contributed by atoms with E-state index in [9.17, 15) is 0 Å². The first-order valence-electron chi connectivity index (χ1n) is 5.10. The fourth-order valence-electron chi connectivity index (χ4n) is 0.386. The van der Waals surface area contributed by atoms with E-state index in [0.717, 1.165) is 0 Å². The minimum absolute atomic E-state index is 0.0731. The molecule has 0 amide bonds. The molecule has 0 bridgehead atoms. The molecular formula is C5H11NO. The summed E-state index contributed by atoms with van der Waals surface area (Å²) in [4.78, 5) is 0. The molecule has 2 heteroatoms. The third-order valence-corrected chi connectivity index (χ3v) is 0.680.